The molecule has 0 bridgehead atoms. The van der Waals surface area contributed by atoms with Gasteiger partial charge in [0.15, 0.2) is 0 Å². The maximum atomic E-state index is 12.7. The van der Waals surface area contributed by atoms with Gasteiger partial charge in [0.05, 0.1) is 15.6 Å². The smallest absolute Gasteiger partial charge is 0.353 e. The number of hydrogen-bond acceptors (Lipinski definition) is 3. The maximum Gasteiger partial charge on any atom is 0.416 e. The lowest BCUT2D eigenvalue weighted by molar-refractivity contribution is -0.137. The van der Waals surface area contributed by atoms with Crippen LogP contribution >= 0.6 is 23.2 Å². The number of nitrogens with zero attached hydrogens (tertiary/aromatic N) is 2. The Morgan fingerprint density at radius 3 is 2.41 bits per heavy atom. The molecule has 1 fully saturated rings. The summed E-state index contributed by atoms with van der Waals surface area (Å²) in [6.45, 7) is 4.07. The highest BCUT2D eigenvalue weighted by Crippen LogP contribution is 2.30. The van der Waals surface area contributed by atoms with E-state index in [1.807, 2.05) is 0 Å². The molecule has 37 heavy (non-hydrogen) atoms. The van der Waals surface area contributed by atoms with E-state index in [1.165, 1.54) is 18.2 Å². The van der Waals surface area contributed by atoms with Gasteiger partial charge < -0.3 is 20.4 Å². The van der Waals surface area contributed by atoms with E-state index in [9.17, 15) is 22.8 Å². The molecule has 0 aromatic heterocycles. The minimum absolute atomic E-state index is 0.185. The van der Waals surface area contributed by atoms with Gasteiger partial charge >= 0.3 is 12.2 Å². The van der Waals surface area contributed by atoms with Gasteiger partial charge in [-0.3, -0.25) is 4.79 Å². The van der Waals surface area contributed by atoms with E-state index in [1.54, 1.807) is 29.2 Å². The van der Waals surface area contributed by atoms with Crippen LogP contribution in [-0.2, 0) is 11.0 Å². The molecule has 1 saturated heterocycles. The summed E-state index contributed by atoms with van der Waals surface area (Å²) in [6.07, 6.45) is 1.24. The summed E-state index contributed by atoms with van der Waals surface area (Å²) in [5.41, 5.74) is 0.357. The molecule has 0 atom stereocenters. The summed E-state index contributed by atoms with van der Waals surface area (Å²) in [5, 5.41) is 6.42. The summed E-state index contributed by atoms with van der Waals surface area (Å²) in [6, 6.07) is 9.24. The fraction of sp³-hybridized carbons (Fsp3) is 0.385. The number of halogens is 5. The molecule has 1 aliphatic heterocycles. The van der Waals surface area contributed by atoms with Crippen LogP contribution in [0.5, 0.6) is 0 Å². The second-order valence-electron chi connectivity index (χ2n) is 8.69. The number of amides is 3. The molecule has 200 valence electrons. The molecule has 1 heterocycles. The zero-order valence-corrected chi connectivity index (χ0v) is 21.7. The number of rotatable bonds is 8. The van der Waals surface area contributed by atoms with E-state index in [0.717, 1.165) is 50.0 Å². The second kappa shape index (κ2) is 13.7. The number of carbonyl (C=O) groups excluding carboxylic acids is 2. The third-order valence-electron chi connectivity index (χ3n) is 5.91. The van der Waals surface area contributed by atoms with Crippen LogP contribution in [0, 0.1) is 0 Å². The predicted octanol–water partition coefficient (Wildman–Crippen LogP) is 6.16. The fourth-order valence-corrected chi connectivity index (χ4v) is 4.17. The molecule has 0 aliphatic carbocycles. The van der Waals surface area contributed by atoms with E-state index >= 15 is 0 Å². The lowest BCUT2D eigenvalue weighted by Crippen LogP contribution is -2.38. The lowest BCUT2D eigenvalue weighted by atomic mass is 10.2. The number of nitrogens with one attached hydrogen (secondary N) is 2. The quantitative estimate of drug-likeness (QED) is 0.302. The Morgan fingerprint density at radius 1 is 0.946 bits per heavy atom. The predicted molar refractivity (Wildman–Crippen MR) is 141 cm³/mol. The molecule has 1 aliphatic rings. The summed E-state index contributed by atoms with van der Waals surface area (Å²) in [4.78, 5) is 28.5. The Kier molecular flexibility index (Phi) is 10.7. The maximum absolute atomic E-state index is 12.7. The lowest BCUT2D eigenvalue weighted by Gasteiger charge is -2.22. The van der Waals surface area contributed by atoms with Gasteiger partial charge in [-0.1, -0.05) is 29.3 Å². The molecule has 3 rings (SSSR count). The first kappa shape index (κ1) is 28.8. The third-order valence-corrected chi connectivity index (χ3v) is 6.65. The van der Waals surface area contributed by atoms with Gasteiger partial charge in [-0.25, -0.2) is 4.79 Å². The van der Waals surface area contributed by atoms with Crippen molar-refractivity contribution in [3.63, 3.8) is 0 Å². The highest BCUT2D eigenvalue weighted by atomic mass is 35.5. The van der Waals surface area contributed by atoms with Crippen molar-refractivity contribution in [3.05, 3.63) is 69.7 Å². The molecule has 2 N–H and O–H groups in total. The van der Waals surface area contributed by atoms with Crippen LogP contribution < -0.4 is 10.6 Å². The van der Waals surface area contributed by atoms with Gasteiger partial charge in [0, 0.05) is 37.9 Å². The molecule has 2 aromatic rings. The molecular weight excluding hydrogens is 528 g/mol. The highest BCUT2D eigenvalue weighted by molar-refractivity contribution is 6.42. The monoisotopic (exact) mass is 556 g/mol. The van der Waals surface area contributed by atoms with E-state index in [-0.39, 0.29) is 11.9 Å². The SMILES string of the molecule is O=C(/C=C/c1ccc(Cl)c(Cl)c1)NCCCCN1CCCN(C(=O)Nc2ccc(C(F)(F)F)cc2)CC1. The van der Waals surface area contributed by atoms with Crippen molar-refractivity contribution in [2.45, 2.75) is 25.4 Å². The number of hydrogen-bond donors (Lipinski definition) is 2. The van der Waals surface area contributed by atoms with Crippen molar-refractivity contribution in [1.29, 1.82) is 0 Å². The Balaban J connectivity index is 1.32. The van der Waals surface area contributed by atoms with Gasteiger partial charge in [-0.05, 0) is 80.4 Å². The molecule has 11 heteroatoms. The number of urea groups is 1. The number of carbonyl (C=O) groups is 2. The standard InChI is InChI=1S/C26H29Cl2F3N4O2/c27-22-10-4-19(18-23(22)28)5-11-24(36)32-12-1-2-13-34-14-3-15-35(17-16-34)25(37)33-21-8-6-20(7-9-21)26(29,30)31/h4-11,18H,1-3,12-17H2,(H,32,36)(H,33,37)/b11-5+. The largest absolute Gasteiger partial charge is 0.416 e. The molecule has 2 aromatic carbocycles. The van der Waals surface area contributed by atoms with Gasteiger partial charge in [0.1, 0.15) is 0 Å². The van der Waals surface area contributed by atoms with Crippen molar-refractivity contribution in [2.24, 2.45) is 0 Å². The van der Waals surface area contributed by atoms with Crippen LogP contribution in [0.15, 0.2) is 48.5 Å². The van der Waals surface area contributed by atoms with Crippen LogP contribution in [0.2, 0.25) is 10.0 Å². The summed E-state index contributed by atoms with van der Waals surface area (Å²) in [7, 11) is 0. The molecule has 0 saturated carbocycles. The average molecular weight is 557 g/mol. The normalized spacial score (nSPS) is 15.0. The van der Waals surface area contributed by atoms with Crippen LogP contribution in [0.25, 0.3) is 6.08 Å². The van der Waals surface area contributed by atoms with Gasteiger partial charge in [0.25, 0.3) is 0 Å². The zero-order chi connectivity index (χ0) is 26.8. The van der Waals surface area contributed by atoms with Gasteiger partial charge in [0.2, 0.25) is 5.91 Å². The minimum Gasteiger partial charge on any atom is -0.353 e. The van der Waals surface area contributed by atoms with Crippen molar-refractivity contribution in [3.8, 4) is 0 Å². The van der Waals surface area contributed by atoms with Crippen LogP contribution in [0.3, 0.4) is 0 Å². The number of anilines is 1. The Hall–Kier alpha value is -2.75. The third kappa shape index (κ3) is 9.57. The Bertz CT molecular complexity index is 1090. The van der Waals surface area contributed by atoms with Crippen LogP contribution in [-0.4, -0.2) is 61.0 Å². The summed E-state index contributed by atoms with van der Waals surface area (Å²) >= 11 is 11.9. The number of benzene rings is 2. The van der Waals surface area contributed by atoms with E-state index in [0.29, 0.717) is 41.9 Å². The average Bonchev–Trinajstić information content (AvgIpc) is 3.10. The zero-order valence-electron chi connectivity index (χ0n) is 20.2. The van der Waals surface area contributed by atoms with Crippen molar-refractivity contribution in [2.75, 3.05) is 44.6 Å². The Morgan fingerprint density at radius 2 is 1.70 bits per heavy atom. The first-order chi connectivity index (χ1) is 17.6. The molecule has 6 nitrogen and oxygen atoms in total. The first-order valence-corrected chi connectivity index (χ1v) is 12.7. The molecule has 0 radical (unpaired) electrons. The number of alkyl halides is 3. The molecule has 0 unspecified atom stereocenters. The van der Waals surface area contributed by atoms with Crippen molar-refractivity contribution in [1.82, 2.24) is 15.1 Å². The summed E-state index contributed by atoms with van der Waals surface area (Å²) in [5.74, 6) is -0.185. The molecule has 3 amide bonds. The molecule has 0 spiro atoms. The van der Waals surface area contributed by atoms with Gasteiger partial charge in [-0.15, -0.1) is 0 Å². The van der Waals surface area contributed by atoms with Crippen LogP contribution in [0.4, 0.5) is 23.7 Å². The fourth-order valence-electron chi connectivity index (χ4n) is 3.86. The highest BCUT2D eigenvalue weighted by Gasteiger charge is 2.30. The van der Waals surface area contributed by atoms with E-state index in [4.69, 9.17) is 23.2 Å². The Labute approximate surface area is 224 Å². The van der Waals surface area contributed by atoms with Gasteiger partial charge in [-0.2, -0.15) is 13.2 Å². The molecular formula is C26H29Cl2F3N4O2. The van der Waals surface area contributed by atoms with Crippen molar-refractivity contribution >= 4 is 46.9 Å². The topological polar surface area (TPSA) is 64.7 Å². The van der Waals surface area contributed by atoms with Crippen molar-refractivity contribution < 1.29 is 22.8 Å². The van der Waals surface area contributed by atoms with Crippen LogP contribution in [0.1, 0.15) is 30.4 Å². The first-order valence-electron chi connectivity index (χ1n) is 12.0. The number of unbranched alkanes of at least 4 members (excludes halogenated alkanes) is 1. The van der Waals surface area contributed by atoms with E-state index in [2.05, 4.69) is 15.5 Å². The second-order valence-corrected chi connectivity index (χ2v) is 9.51. The summed E-state index contributed by atoms with van der Waals surface area (Å²) < 4.78 is 38.1. The van der Waals surface area contributed by atoms with E-state index < -0.39 is 11.7 Å². The minimum atomic E-state index is -4.41.